The fourth-order valence-corrected chi connectivity index (χ4v) is 3.53. The Balaban J connectivity index is 1.95. The first-order chi connectivity index (χ1) is 15.8. The highest BCUT2D eigenvalue weighted by Gasteiger charge is 2.32. The number of hydrogen-bond donors (Lipinski definition) is 3. The Morgan fingerprint density at radius 3 is 2.55 bits per heavy atom. The lowest BCUT2D eigenvalue weighted by Crippen LogP contribution is -2.46. The lowest BCUT2D eigenvalue weighted by atomic mass is 9.94. The van der Waals surface area contributed by atoms with Gasteiger partial charge in [0.1, 0.15) is 5.75 Å². The number of carbonyl (C=O) groups is 2. The molecule has 0 spiro atoms. The van der Waals surface area contributed by atoms with Crippen LogP contribution < -0.4 is 30.2 Å². The van der Waals surface area contributed by atoms with Gasteiger partial charge < -0.3 is 30.2 Å². The number of rotatable bonds is 9. The molecule has 0 saturated heterocycles. The zero-order valence-corrected chi connectivity index (χ0v) is 19.7. The average Bonchev–Trinajstić information content (AvgIpc) is 2.78. The maximum atomic E-state index is 13.3. The molecule has 1 aliphatic rings. The average molecular weight is 454 g/mol. The summed E-state index contributed by atoms with van der Waals surface area (Å²) < 4.78 is 17.0. The molecule has 0 saturated carbocycles. The van der Waals surface area contributed by atoms with Crippen LogP contribution in [0.15, 0.2) is 53.7 Å². The van der Waals surface area contributed by atoms with Gasteiger partial charge in [-0.25, -0.2) is 4.79 Å². The molecule has 3 rings (SSSR count). The highest BCUT2D eigenvalue weighted by atomic mass is 16.5. The minimum absolute atomic E-state index is 0.354. The van der Waals surface area contributed by atoms with E-state index < -0.39 is 6.04 Å². The van der Waals surface area contributed by atoms with Crippen molar-refractivity contribution in [1.82, 2.24) is 10.6 Å². The molecule has 8 heteroatoms. The van der Waals surface area contributed by atoms with Crippen molar-refractivity contribution in [2.24, 2.45) is 5.92 Å². The molecule has 176 valence electrons. The molecule has 3 N–H and O–H groups in total. The number of para-hydroxylation sites is 2. The number of urea groups is 1. The van der Waals surface area contributed by atoms with Crippen LogP contribution >= 0.6 is 0 Å². The Kier molecular flexibility index (Phi) is 7.82. The van der Waals surface area contributed by atoms with E-state index in [-0.39, 0.29) is 11.9 Å². The van der Waals surface area contributed by atoms with Crippen molar-refractivity contribution in [2.45, 2.75) is 33.7 Å². The summed E-state index contributed by atoms with van der Waals surface area (Å²) in [4.78, 5) is 25.6. The van der Waals surface area contributed by atoms with Gasteiger partial charge in [0.05, 0.1) is 37.6 Å². The predicted molar refractivity (Wildman–Crippen MR) is 127 cm³/mol. The summed E-state index contributed by atoms with van der Waals surface area (Å²) in [5, 5.41) is 8.43. The van der Waals surface area contributed by atoms with E-state index in [1.165, 1.54) is 0 Å². The van der Waals surface area contributed by atoms with Crippen molar-refractivity contribution in [3.63, 3.8) is 0 Å². The number of amides is 3. The summed E-state index contributed by atoms with van der Waals surface area (Å²) >= 11 is 0. The lowest BCUT2D eigenvalue weighted by molar-refractivity contribution is -0.113. The van der Waals surface area contributed by atoms with E-state index in [2.05, 4.69) is 29.8 Å². The van der Waals surface area contributed by atoms with Crippen molar-refractivity contribution in [3.05, 3.63) is 59.3 Å². The zero-order chi connectivity index (χ0) is 24.0. The van der Waals surface area contributed by atoms with Gasteiger partial charge in [0.25, 0.3) is 5.91 Å². The van der Waals surface area contributed by atoms with Gasteiger partial charge in [-0.05, 0) is 49.6 Å². The molecule has 1 unspecified atom stereocenters. The van der Waals surface area contributed by atoms with Crippen LogP contribution in [0.3, 0.4) is 0 Å². The smallest absolute Gasteiger partial charge is 0.319 e. The second-order valence-corrected chi connectivity index (χ2v) is 8.07. The van der Waals surface area contributed by atoms with E-state index in [4.69, 9.17) is 14.2 Å². The summed E-state index contributed by atoms with van der Waals surface area (Å²) in [6, 6.07) is 11.5. The van der Waals surface area contributed by atoms with Gasteiger partial charge in [-0.15, -0.1) is 0 Å². The summed E-state index contributed by atoms with van der Waals surface area (Å²) in [5.41, 5.74) is 2.09. The van der Waals surface area contributed by atoms with E-state index in [9.17, 15) is 9.59 Å². The van der Waals surface area contributed by atoms with Crippen LogP contribution in [0.4, 0.5) is 10.5 Å². The number of methoxy groups -OCH3 is 1. The van der Waals surface area contributed by atoms with E-state index in [1.807, 2.05) is 31.2 Å². The fourth-order valence-electron chi connectivity index (χ4n) is 3.53. The van der Waals surface area contributed by atoms with Crippen LogP contribution in [0, 0.1) is 5.92 Å². The van der Waals surface area contributed by atoms with E-state index in [0.29, 0.717) is 58.9 Å². The number of hydrogen-bond acceptors (Lipinski definition) is 5. The monoisotopic (exact) mass is 453 g/mol. The van der Waals surface area contributed by atoms with Gasteiger partial charge in [0.2, 0.25) is 0 Å². The maximum Gasteiger partial charge on any atom is 0.319 e. The SMILES string of the molecule is CCOc1cc(C2NC(=O)NC(C)=C2C(=O)Nc2ccccc2OC)ccc1OCC(C)C. The number of ether oxygens (including phenoxy) is 3. The molecule has 2 aromatic carbocycles. The van der Waals surface area contributed by atoms with E-state index >= 15 is 0 Å². The number of allylic oxidation sites excluding steroid dienone is 1. The summed E-state index contributed by atoms with van der Waals surface area (Å²) in [5.74, 6) is 1.73. The number of carbonyl (C=O) groups excluding carboxylic acids is 2. The van der Waals surface area contributed by atoms with Gasteiger partial charge in [-0.2, -0.15) is 0 Å². The van der Waals surface area contributed by atoms with Crippen molar-refractivity contribution >= 4 is 17.6 Å². The quantitative estimate of drug-likeness (QED) is 0.523. The largest absolute Gasteiger partial charge is 0.495 e. The van der Waals surface area contributed by atoms with Crippen LogP contribution in [-0.4, -0.2) is 32.3 Å². The van der Waals surface area contributed by atoms with Crippen LogP contribution in [0.2, 0.25) is 0 Å². The normalized spacial score (nSPS) is 15.6. The molecule has 0 aromatic heterocycles. The molecular formula is C25H31N3O5. The first-order valence-corrected chi connectivity index (χ1v) is 11.0. The van der Waals surface area contributed by atoms with Gasteiger partial charge in [-0.3, -0.25) is 4.79 Å². The Morgan fingerprint density at radius 2 is 1.85 bits per heavy atom. The Labute approximate surface area is 194 Å². The first kappa shape index (κ1) is 24.0. The molecule has 2 aromatic rings. The summed E-state index contributed by atoms with van der Waals surface area (Å²) in [6.07, 6.45) is 0. The number of anilines is 1. The van der Waals surface area contributed by atoms with Crippen LogP contribution in [0.5, 0.6) is 17.2 Å². The molecule has 1 heterocycles. The Hall–Kier alpha value is -3.68. The number of nitrogens with one attached hydrogen (secondary N) is 3. The minimum Gasteiger partial charge on any atom is -0.495 e. The van der Waals surface area contributed by atoms with Crippen molar-refractivity contribution < 1.29 is 23.8 Å². The molecule has 0 radical (unpaired) electrons. The second kappa shape index (κ2) is 10.8. The number of benzene rings is 2. The van der Waals surface area contributed by atoms with Crippen LogP contribution in [0.1, 0.15) is 39.3 Å². The van der Waals surface area contributed by atoms with Gasteiger partial charge in [0.15, 0.2) is 11.5 Å². The van der Waals surface area contributed by atoms with Crippen LogP contribution in [0.25, 0.3) is 0 Å². The third kappa shape index (κ3) is 5.77. The Bertz CT molecular complexity index is 1050. The van der Waals surface area contributed by atoms with E-state index in [0.717, 1.165) is 0 Å². The Morgan fingerprint density at radius 1 is 1.09 bits per heavy atom. The van der Waals surface area contributed by atoms with Crippen molar-refractivity contribution in [2.75, 3.05) is 25.6 Å². The van der Waals surface area contributed by atoms with Crippen molar-refractivity contribution in [3.8, 4) is 17.2 Å². The van der Waals surface area contributed by atoms with Crippen LogP contribution in [-0.2, 0) is 4.79 Å². The van der Waals surface area contributed by atoms with Crippen molar-refractivity contribution in [1.29, 1.82) is 0 Å². The third-order valence-corrected chi connectivity index (χ3v) is 5.04. The third-order valence-electron chi connectivity index (χ3n) is 5.04. The standard InChI is InChI=1S/C25H31N3O5/c1-6-32-21-13-17(11-12-20(21)33-14-15(2)3)23-22(16(4)26-25(30)28-23)24(29)27-18-9-7-8-10-19(18)31-5/h7-13,15,23H,6,14H2,1-5H3,(H,27,29)(H2,26,28,30). The van der Waals surface area contributed by atoms with Gasteiger partial charge >= 0.3 is 6.03 Å². The maximum absolute atomic E-state index is 13.3. The molecule has 1 atom stereocenters. The molecule has 3 amide bonds. The summed E-state index contributed by atoms with van der Waals surface area (Å²) in [7, 11) is 1.54. The first-order valence-electron chi connectivity index (χ1n) is 11.0. The molecule has 8 nitrogen and oxygen atoms in total. The highest BCUT2D eigenvalue weighted by molar-refractivity contribution is 6.07. The zero-order valence-electron chi connectivity index (χ0n) is 19.7. The molecular weight excluding hydrogens is 422 g/mol. The fraction of sp³-hybridized carbons (Fsp3) is 0.360. The highest BCUT2D eigenvalue weighted by Crippen LogP contribution is 2.35. The molecule has 0 fully saturated rings. The molecule has 33 heavy (non-hydrogen) atoms. The second-order valence-electron chi connectivity index (χ2n) is 8.07. The molecule has 0 aliphatic carbocycles. The minimum atomic E-state index is -0.674. The predicted octanol–water partition coefficient (Wildman–Crippen LogP) is 4.40. The van der Waals surface area contributed by atoms with E-state index in [1.54, 1.807) is 32.2 Å². The molecule has 0 bridgehead atoms. The van der Waals surface area contributed by atoms with Gasteiger partial charge in [-0.1, -0.05) is 32.0 Å². The lowest BCUT2D eigenvalue weighted by Gasteiger charge is -2.29. The summed E-state index contributed by atoms with van der Waals surface area (Å²) in [6.45, 7) is 8.73. The topological polar surface area (TPSA) is 97.9 Å². The van der Waals surface area contributed by atoms with Gasteiger partial charge in [0, 0.05) is 5.70 Å². The molecule has 1 aliphatic heterocycles.